The molecule has 0 fully saturated rings. The van der Waals surface area contributed by atoms with Gasteiger partial charge in [0.2, 0.25) is 0 Å². The number of nitrogens with one attached hydrogen (secondary N) is 2. The third-order valence-electron chi connectivity index (χ3n) is 3.69. The van der Waals surface area contributed by atoms with Crippen LogP contribution in [0, 0.1) is 0 Å². The number of ether oxygens (including phenoxy) is 2. The van der Waals surface area contributed by atoms with Gasteiger partial charge >= 0.3 is 11.8 Å². The number of carbonyl (C=O) groups is 2. The second-order valence-corrected chi connectivity index (χ2v) is 6.69. The fourth-order valence-electron chi connectivity index (χ4n) is 2.20. The normalized spacial score (nSPS) is 10.7. The molecule has 0 aliphatic rings. The van der Waals surface area contributed by atoms with Gasteiger partial charge in [-0.25, -0.2) is 5.43 Å². The fourth-order valence-corrected chi connectivity index (χ4v) is 2.63. The zero-order chi connectivity index (χ0) is 21.1. The van der Waals surface area contributed by atoms with E-state index in [0.717, 1.165) is 5.56 Å². The minimum Gasteiger partial charge on any atom is -0.487 e. The summed E-state index contributed by atoms with van der Waals surface area (Å²) in [6, 6.07) is 12.4. The van der Waals surface area contributed by atoms with Gasteiger partial charge in [-0.05, 0) is 36.2 Å². The van der Waals surface area contributed by atoms with Crippen LogP contribution in [0.4, 0.5) is 0 Å². The molecule has 0 spiro atoms. The average Bonchev–Trinajstić information content (AvgIpc) is 2.71. The number of methoxy groups -OCH3 is 1. The van der Waals surface area contributed by atoms with E-state index in [-0.39, 0.29) is 6.61 Å². The first-order valence-corrected chi connectivity index (χ1v) is 9.52. The molecule has 0 atom stereocenters. The third kappa shape index (κ3) is 7.73. The highest BCUT2D eigenvalue weighted by Crippen LogP contribution is 2.26. The summed E-state index contributed by atoms with van der Waals surface area (Å²) in [5, 5.41) is 7.21. The van der Waals surface area contributed by atoms with Crippen LogP contribution in [-0.2, 0) is 20.9 Å². The SMILES string of the molecule is COCCCNC(=O)C(=O)N/N=C\c1ccc(OCc2ccccc2Cl)c(Cl)c1. The highest BCUT2D eigenvalue weighted by Gasteiger charge is 2.11. The van der Waals surface area contributed by atoms with E-state index < -0.39 is 11.8 Å². The van der Waals surface area contributed by atoms with Gasteiger partial charge in [-0.15, -0.1) is 0 Å². The van der Waals surface area contributed by atoms with Crippen molar-refractivity contribution < 1.29 is 19.1 Å². The quantitative estimate of drug-likeness (QED) is 0.273. The van der Waals surface area contributed by atoms with Gasteiger partial charge in [-0.1, -0.05) is 41.4 Å². The van der Waals surface area contributed by atoms with E-state index in [1.54, 1.807) is 31.4 Å². The molecule has 0 bridgehead atoms. The molecule has 7 nitrogen and oxygen atoms in total. The molecule has 0 radical (unpaired) electrons. The molecule has 0 aliphatic carbocycles. The summed E-state index contributed by atoms with van der Waals surface area (Å²) >= 11 is 12.3. The van der Waals surface area contributed by atoms with E-state index >= 15 is 0 Å². The van der Waals surface area contributed by atoms with Crippen molar-refractivity contribution in [2.24, 2.45) is 5.10 Å². The molecule has 0 heterocycles. The largest absolute Gasteiger partial charge is 0.487 e. The number of hydrogen-bond donors (Lipinski definition) is 2. The Kier molecular flexibility index (Phi) is 9.43. The number of rotatable bonds is 9. The number of halogens is 2. The van der Waals surface area contributed by atoms with E-state index in [2.05, 4.69) is 15.8 Å². The molecular formula is C20H21Cl2N3O4. The predicted octanol–water partition coefficient (Wildman–Crippen LogP) is 3.18. The lowest BCUT2D eigenvalue weighted by atomic mass is 10.2. The third-order valence-corrected chi connectivity index (χ3v) is 4.36. The number of benzene rings is 2. The first-order valence-electron chi connectivity index (χ1n) is 8.77. The topological polar surface area (TPSA) is 89.0 Å². The number of hydrogen-bond acceptors (Lipinski definition) is 5. The van der Waals surface area contributed by atoms with Crippen LogP contribution in [0.3, 0.4) is 0 Å². The van der Waals surface area contributed by atoms with Crippen LogP contribution in [-0.4, -0.2) is 38.3 Å². The molecule has 0 aliphatic heterocycles. The lowest BCUT2D eigenvalue weighted by Crippen LogP contribution is -2.38. The van der Waals surface area contributed by atoms with E-state index in [0.29, 0.717) is 40.9 Å². The van der Waals surface area contributed by atoms with Crippen LogP contribution in [0.2, 0.25) is 10.0 Å². The van der Waals surface area contributed by atoms with Crippen LogP contribution in [0.25, 0.3) is 0 Å². The standard InChI is InChI=1S/C20H21Cl2N3O4/c1-28-10-4-9-23-19(26)20(27)25-24-12-14-7-8-18(17(22)11-14)29-13-15-5-2-3-6-16(15)21/h2-3,5-8,11-12H,4,9-10,13H2,1H3,(H,23,26)(H,25,27)/b24-12-. The highest BCUT2D eigenvalue weighted by atomic mass is 35.5. The van der Waals surface area contributed by atoms with Crippen LogP contribution in [0.1, 0.15) is 17.5 Å². The molecular weight excluding hydrogens is 417 g/mol. The summed E-state index contributed by atoms with van der Waals surface area (Å²) in [6.07, 6.45) is 1.99. The predicted molar refractivity (Wildman–Crippen MR) is 112 cm³/mol. The number of amides is 2. The first kappa shape index (κ1) is 22.7. The van der Waals surface area contributed by atoms with E-state index in [1.807, 2.05) is 18.2 Å². The van der Waals surface area contributed by atoms with Crippen molar-refractivity contribution in [1.29, 1.82) is 0 Å². The zero-order valence-corrected chi connectivity index (χ0v) is 17.3. The van der Waals surface area contributed by atoms with Gasteiger partial charge in [0, 0.05) is 30.8 Å². The van der Waals surface area contributed by atoms with Crippen molar-refractivity contribution in [3.05, 3.63) is 63.6 Å². The summed E-state index contributed by atoms with van der Waals surface area (Å²) in [5.74, 6) is -1.13. The molecule has 0 saturated heterocycles. The van der Waals surface area contributed by atoms with Crippen molar-refractivity contribution in [2.75, 3.05) is 20.3 Å². The Morgan fingerprint density at radius 2 is 1.90 bits per heavy atom. The van der Waals surface area contributed by atoms with Gasteiger partial charge in [-0.2, -0.15) is 5.10 Å². The molecule has 0 saturated carbocycles. The van der Waals surface area contributed by atoms with Crippen LogP contribution >= 0.6 is 23.2 Å². The van der Waals surface area contributed by atoms with Crippen molar-refractivity contribution in [3.63, 3.8) is 0 Å². The minimum atomic E-state index is -0.857. The second kappa shape index (κ2) is 12.1. The molecule has 0 aromatic heterocycles. The molecule has 2 aromatic carbocycles. The maximum absolute atomic E-state index is 11.6. The Morgan fingerprint density at radius 1 is 1.10 bits per heavy atom. The number of carbonyl (C=O) groups excluding carboxylic acids is 2. The molecule has 2 N–H and O–H groups in total. The summed E-state index contributed by atoms with van der Waals surface area (Å²) < 4.78 is 10.6. The Bertz CT molecular complexity index is 875. The molecule has 2 amide bonds. The van der Waals surface area contributed by atoms with Crippen molar-refractivity contribution in [1.82, 2.24) is 10.7 Å². The van der Waals surface area contributed by atoms with Gasteiger partial charge in [0.1, 0.15) is 12.4 Å². The molecule has 29 heavy (non-hydrogen) atoms. The molecule has 2 rings (SSSR count). The maximum atomic E-state index is 11.6. The average molecular weight is 438 g/mol. The van der Waals surface area contributed by atoms with Gasteiger partial charge in [0.05, 0.1) is 11.2 Å². The summed E-state index contributed by atoms with van der Waals surface area (Å²) in [6.45, 7) is 1.12. The van der Waals surface area contributed by atoms with Crippen molar-refractivity contribution in [3.8, 4) is 5.75 Å². The van der Waals surface area contributed by atoms with Crippen molar-refractivity contribution >= 4 is 41.2 Å². The van der Waals surface area contributed by atoms with Gasteiger partial charge in [0.25, 0.3) is 0 Å². The first-order chi connectivity index (χ1) is 14.0. The Balaban J connectivity index is 1.84. The lowest BCUT2D eigenvalue weighted by molar-refractivity contribution is -0.139. The lowest BCUT2D eigenvalue weighted by Gasteiger charge is -2.09. The summed E-state index contributed by atoms with van der Waals surface area (Å²) in [7, 11) is 1.56. The zero-order valence-electron chi connectivity index (χ0n) is 15.8. The van der Waals surface area contributed by atoms with Crippen LogP contribution < -0.4 is 15.5 Å². The molecule has 154 valence electrons. The van der Waals surface area contributed by atoms with E-state index in [9.17, 15) is 9.59 Å². The molecule has 9 heteroatoms. The maximum Gasteiger partial charge on any atom is 0.329 e. The van der Waals surface area contributed by atoms with Crippen LogP contribution in [0.15, 0.2) is 47.6 Å². The minimum absolute atomic E-state index is 0.280. The van der Waals surface area contributed by atoms with E-state index in [4.69, 9.17) is 32.7 Å². The number of nitrogens with zero attached hydrogens (tertiary/aromatic N) is 1. The smallest absolute Gasteiger partial charge is 0.329 e. The Morgan fingerprint density at radius 3 is 2.62 bits per heavy atom. The molecule has 2 aromatic rings. The monoisotopic (exact) mass is 437 g/mol. The second-order valence-electron chi connectivity index (χ2n) is 5.87. The Hall–Kier alpha value is -2.61. The molecule has 0 unspecified atom stereocenters. The van der Waals surface area contributed by atoms with E-state index in [1.165, 1.54) is 6.21 Å². The highest BCUT2D eigenvalue weighted by molar-refractivity contribution is 6.35. The van der Waals surface area contributed by atoms with Gasteiger partial charge < -0.3 is 14.8 Å². The Labute approximate surface area is 179 Å². The van der Waals surface area contributed by atoms with Gasteiger partial charge in [-0.3, -0.25) is 9.59 Å². The van der Waals surface area contributed by atoms with Crippen molar-refractivity contribution in [2.45, 2.75) is 13.0 Å². The fraction of sp³-hybridized carbons (Fsp3) is 0.250. The summed E-state index contributed by atoms with van der Waals surface area (Å²) in [5.41, 5.74) is 3.63. The summed E-state index contributed by atoms with van der Waals surface area (Å²) in [4.78, 5) is 23.2. The van der Waals surface area contributed by atoms with Gasteiger partial charge in [0.15, 0.2) is 0 Å². The number of hydrazone groups is 1. The van der Waals surface area contributed by atoms with Crippen LogP contribution in [0.5, 0.6) is 5.75 Å².